The van der Waals surface area contributed by atoms with Gasteiger partial charge in [0.15, 0.2) is 0 Å². The van der Waals surface area contributed by atoms with Crippen molar-refractivity contribution in [2.45, 2.75) is 71.0 Å². The third-order valence-electron chi connectivity index (χ3n) is 7.22. The Hall–Kier alpha value is -0.0800. The molecule has 4 rings (SSSR count). The van der Waals surface area contributed by atoms with Gasteiger partial charge in [-0.3, -0.25) is 0 Å². The van der Waals surface area contributed by atoms with Gasteiger partial charge in [0.25, 0.3) is 0 Å². The zero-order valence-electron chi connectivity index (χ0n) is 11.6. The van der Waals surface area contributed by atoms with Gasteiger partial charge in [0, 0.05) is 10.8 Å². The highest BCUT2D eigenvalue weighted by Gasteiger charge is 2.74. The van der Waals surface area contributed by atoms with Crippen molar-refractivity contribution in [2.24, 2.45) is 22.7 Å². The van der Waals surface area contributed by atoms with Gasteiger partial charge in [0.2, 0.25) is 0 Å². The van der Waals surface area contributed by atoms with Crippen molar-refractivity contribution >= 4 is 0 Å². The van der Waals surface area contributed by atoms with Gasteiger partial charge < -0.3 is 10.2 Å². The van der Waals surface area contributed by atoms with Crippen LogP contribution in [0.2, 0.25) is 0 Å². The van der Waals surface area contributed by atoms with E-state index in [4.69, 9.17) is 0 Å². The molecule has 0 radical (unpaired) electrons. The Bertz CT molecular complexity index is 364. The largest absolute Gasteiger partial charge is 0.389 e. The topological polar surface area (TPSA) is 40.5 Å². The summed E-state index contributed by atoms with van der Waals surface area (Å²) in [7, 11) is 0. The fourth-order valence-corrected chi connectivity index (χ4v) is 5.59. The molecule has 0 spiro atoms. The van der Waals surface area contributed by atoms with Crippen molar-refractivity contribution in [1.82, 2.24) is 0 Å². The monoisotopic (exact) mass is 238 g/mol. The van der Waals surface area contributed by atoms with Crippen LogP contribution in [0, 0.1) is 22.7 Å². The van der Waals surface area contributed by atoms with Crippen LogP contribution in [0.1, 0.15) is 59.8 Å². The molecule has 4 aliphatic rings. The van der Waals surface area contributed by atoms with Crippen LogP contribution in [0.4, 0.5) is 0 Å². The van der Waals surface area contributed by atoms with Crippen LogP contribution in [0.15, 0.2) is 0 Å². The molecule has 4 saturated carbocycles. The normalized spacial score (nSPS) is 60.4. The summed E-state index contributed by atoms with van der Waals surface area (Å²) in [6.07, 6.45) is 4.70. The molecule has 0 saturated heterocycles. The number of rotatable bonds is 0. The van der Waals surface area contributed by atoms with Crippen LogP contribution in [-0.2, 0) is 0 Å². The van der Waals surface area contributed by atoms with Crippen LogP contribution in [-0.4, -0.2) is 21.4 Å². The Balaban J connectivity index is 2.18. The first-order chi connectivity index (χ1) is 7.68. The molecule has 2 heteroatoms. The molecule has 0 heterocycles. The number of aliphatic hydroxyl groups is 2. The lowest BCUT2D eigenvalue weighted by atomic mass is 9.34. The van der Waals surface area contributed by atoms with Gasteiger partial charge in [0.05, 0.1) is 11.2 Å². The van der Waals surface area contributed by atoms with Gasteiger partial charge in [0.1, 0.15) is 0 Å². The molecule has 5 atom stereocenters. The Morgan fingerprint density at radius 1 is 1.00 bits per heavy atom. The van der Waals surface area contributed by atoms with E-state index in [1.807, 2.05) is 0 Å². The van der Waals surface area contributed by atoms with Crippen LogP contribution in [0.5, 0.6) is 0 Å². The van der Waals surface area contributed by atoms with Crippen LogP contribution in [0.25, 0.3) is 0 Å². The molecule has 4 aliphatic carbocycles. The minimum atomic E-state index is -0.678. The summed E-state index contributed by atoms with van der Waals surface area (Å²) in [4.78, 5) is 0. The van der Waals surface area contributed by atoms with Crippen LogP contribution >= 0.6 is 0 Å². The maximum absolute atomic E-state index is 11.3. The number of fused-ring (bicyclic) bond motifs is 1. The lowest BCUT2D eigenvalue weighted by Gasteiger charge is -2.74. The highest BCUT2D eigenvalue weighted by Crippen LogP contribution is 2.72. The molecule has 0 amide bonds. The molecule has 0 unspecified atom stereocenters. The molecule has 0 aromatic rings. The second kappa shape index (κ2) is 2.91. The lowest BCUT2D eigenvalue weighted by Crippen LogP contribution is -2.77. The predicted molar refractivity (Wildman–Crippen MR) is 67.5 cm³/mol. The third-order valence-corrected chi connectivity index (χ3v) is 7.22. The first-order valence-electron chi connectivity index (χ1n) is 7.13. The summed E-state index contributed by atoms with van der Waals surface area (Å²) < 4.78 is 0. The number of hydrogen-bond donors (Lipinski definition) is 2. The zero-order valence-corrected chi connectivity index (χ0v) is 11.6. The zero-order chi connectivity index (χ0) is 12.7. The smallest absolute Gasteiger partial charge is 0.0781 e. The minimum Gasteiger partial charge on any atom is -0.389 e. The average molecular weight is 238 g/mol. The van der Waals surface area contributed by atoms with Crippen LogP contribution < -0.4 is 0 Å². The summed E-state index contributed by atoms with van der Waals surface area (Å²) in [6, 6.07) is 0. The predicted octanol–water partition coefficient (Wildman–Crippen LogP) is 2.72. The highest BCUT2D eigenvalue weighted by molar-refractivity contribution is 5.24. The molecule has 4 fully saturated rings. The minimum absolute atomic E-state index is 0.0125. The lowest BCUT2D eigenvalue weighted by molar-refractivity contribution is -0.341. The van der Waals surface area contributed by atoms with E-state index in [2.05, 4.69) is 27.7 Å². The van der Waals surface area contributed by atoms with Crippen molar-refractivity contribution < 1.29 is 10.2 Å². The molecule has 0 aromatic carbocycles. The molecule has 98 valence electrons. The van der Waals surface area contributed by atoms with Crippen molar-refractivity contribution in [2.75, 3.05) is 0 Å². The van der Waals surface area contributed by atoms with E-state index in [1.54, 1.807) is 0 Å². The van der Waals surface area contributed by atoms with Crippen molar-refractivity contribution in [1.29, 1.82) is 0 Å². The molecular weight excluding hydrogens is 212 g/mol. The van der Waals surface area contributed by atoms with Crippen LogP contribution in [0.3, 0.4) is 0 Å². The van der Waals surface area contributed by atoms with E-state index < -0.39 is 11.2 Å². The summed E-state index contributed by atoms with van der Waals surface area (Å²) in [5, 5.41) is 22.3. The van der Waals surface area contributed by atoms with E-state index in [-0.39, 0.29) is 10.8 Å². The summed E-state index contributed by atoms with van der Waals surface area (Å²) in [5.74, 6) is 1.14. The second-order valence-electron chi connectivity index (χ2n) is 7.76. The molecule has 2 N–H and O–H groups in total. The standard InChI is InChI=1S/C15H26O2/c1-10-5-6-15(17)12(2,3)14(16)8-7-13(15,4)11(10)9-14/h10-11,16-17H,5-9H2,1-4H3/t10-,11-,13-,14-,15+/m0/s1. The van der Waals surface area contributed by atoms with E-state index in [0.717, 1.165) is 32.1 Å². The van der Waals surface area contributed by atoms with E-state index in [1.165, 1.54) is 0 Å². The Morgan fingerprint density at radius 2 is 1.65 bits per heavy atom. The highest BCUT2D eigenvalue weighted by atomic mass is 16.3. The molecule has 17 heavy (non-hydrogen) atoms. The maximum Gasteiger partial charge on any atom is 0.0781 e. The molecule has 2 nitrogen and oxygen atoms in total. The Morgan fingerprint density at radius 3 is 2.29 bits per heavy atom. The van der Waals surface area contributed by atoms with Gasteiger partial charge in [-0.05, 0) is 43.9 Å². The fourth-order valence-electron chi connectivity index (χ4n) is 5.59. The second-order valence-corrected chi connectivity index (χ2v) is 7.76. The molecule has 0 aromatic heterocycles. The van der Waals surface area contributed by atoms with E-state index >= 15 is 0 Å². The Kier molecular flexibility index (Phi) is 2.05. The maximum atomic E-state index is 11.3. The first-order valence-corrected chi connectivity index (χ1v) is 7.13. The molecular formula is C15H26O2. The van der Waals surface area contributed by atoms with E-state index in [0.29, 0.717) is 11.8 Å². The quantitative estimate of drug-likeness (QED) is 0.681. The van der Waals surface area contributed by atoms with E-state index in [9.17, 15) is 10.2 Å². The Labute approximate surface area is 104 Å². The van der Waals surface area contributed by atoms with Gasteiger partial charge >= 0.3 is 0 Å². The number of hydrogen-bond acceptors (Lipinski definition) is 2. The third kappa shape index (κ3) is 1.02. The summed E-state index contributed by atoms with van der Waals surface area (Å²) >= 11 is 0. The van der Waals surface area contributed by atoms with Gasteiger partial charge in [-0.1, -0.05) is 27.7 Å². The van der Waals surface area contributed by atoms with Crippen molar-refractivity contribution in [3.05, 3.63) is 0 Å². The van der Waals surface area contributed by atoms with Crippen molar-refractivity contribution in [3.63, 3.8) is 0 Å². The van der Waals surface area contributed by atoms with Gasteiger partial charge in [-0.25, -0.2) is 0 Å². The first kappa shape index (κ1) is 12.0. The average Bonchev–Trinajstić information content (AvgIpc) is 2.25. The molecule has 4 bridgehead atoms. The SMILES string of the molecule is C[C@H]1CC[C@@]2(O)C(C)(C)[C@]3(O)CC[C@@]2(C)[C@H]1C3. The van der Waals surface area contributed by atoms with Crippen molar-refractivity contribution in [3.8, 4) is 0 Å². The fraction of sp³-hybridized carbons (Fsp3) is 1.00. The summed E-state index contributed by atoms with van der Waals surface area (Å²) in [6.45, 7) is 8.73. The molecule has 0 aliphatic heterocycles. The summed E-state index contributed by atoms with van der Waals surface area (Å²) in [5.41, 5.74) is -1.69. The van der Waals surface area contributed by atoms with Gasteiger partial charge in [-0.15, -0.1) is 0 Å². The van der Waals surface area contributed by atoms with Gasteiger partial charge in [-0.2, -0.15) is 0 Å².